The summed E-state index contributed by atoms with van der Waals surface area (Å²) in [5.41, 5.74) is 0. The van der Waals surface area contributed by atoms with Crippen LogP contribution in [0.1, 0.15) is 33.6 Å². The van der Waals surface area contributed by atoms with Crippen LogP contribution in [0.3, 0.4) is 0 Å². The van der Waals surface area contributed by atoms with Gasteiger partial charge in [0, 0.05) is 39.4 Å². The number of nitrogens with one attached hydrogen (secondary N) is 3. The molecule has 2 unspecified atom stereocenters. The molecule has 0 saturated carbocycles. The van der Waals surface area contributed by atoms with Gasteiger partial charge in [-0.3, -0.25) is 19.1 Å². The predicted molar refractivity (Wildman–Crippen MR) is 132 cm³/mol. The number of carboxylic acid groups (broad SMARTS) is 1. The van der Waals surface area contributed by atoms with Crippen molar-refractivity contribution in [1.82, 2.24) is 20.9 Å². The second kappa shape index (κ2) is 15.1. The Labute approximate surface area is 216 Å². The molecule has 0 aromatic carbocycles. The van der Waals surface area contributed by atoms with Crippen LogP contribution in [-0.4, -0.2) is 125 Å². The molecular formula is C20H40BN4O11P. The average Bonchev–Trinajstić information content (AvgIpc) is 2.73. The molecular weight excluding hydrogens is 514 g/mol. The van der Waals surface area contributed by atoms with Gasteiger partial charge >= 0.3 is 20.7 Å². The van der Waals surface area contributed by atoms with Crippen LogP contribution < -0.4 is 16.0 Å². The van der Waals surface area contributed by atoms with Gasteiger partial charge in [-0.25, -0.2) is 4.79 Å². The summed E-state index contributed by atoms with van der Waals surface area (Å²) in [6.07, 6.45) is -1.61. The fraction of sp³-hybridized carbons (Fsp3) is 0.850. The topological polar surface area (TPSA) is 227 Å². The average molecular weight is 554 g/mol. The zero-order valence-corrected chi connectivity index (χ0v) is 22.5. The number of aliphatic carboxylic acids is 1. The molecule has 17 heteroatoms. The summed E-state index contributed by atoms with van der Waals surface area (Å²) < 4.78 is 23.1. The second-order valence-corrected chi connectivity index (χ2v) is 11.2. The quantitative estimate of drug-likeness (QED) is 0.0810. The van der Waals surface area contributed by atoms with Crippen molar-refractivity contribution in [3.63, 3.8) is 0 Å². The summed E-state index contributed by atoms with van der Waals surface area (Å²) in [4.78, 5) is 55.8. The fourth-order valence-electron chi connectivity index (χ4n) is 3.76. The molecule has 2 amide bonds. The molecule has 0 spiro atoms. The van der Waals surface area contributed by atoms with E-state index in [9.17, 15) is 29.2 Å². The minimum atomic E-state index is -5.50. The monoisotopic (exact) mass is 554 g/mol. The molecule has 8 N–H and O–H groups in total. The minimum Gasteiger partial charge on any atom is -0.479 e. The number of hydrogen-bond acceptors (Lipinski definition) is 10. The summed E-state index contributed by atoms with van der Waals surface area (Å²) in [5, 5.41) is 33.0. The molecule has 1 aliphatic heterocycles. The standard InChI is InChI=1S/C20H40BN4O11P/c1-13(2)11-15(24-18(28)17(22-4)14(3)26)21-35-9-7-25(8-10-36-21)6-5-23-16(27)12-20(31,19(29)30)37(32,33)34/h13-15,17,22,26,31H,5-12H2,1-4H3,(H,23,27)(H,24,28)(H,29,30)(H2,32,33,34)/t14?,15-,17-,20?/m1/s1. The summed E-state index contributed by atoms with van der Waals surface area (Å²) in [7, 11) is -4.63. The number of carbonyl (C=O) groups is 3. The van der Waals surface area contributed by atoms with Crippen LogP contribution in [-0.2, 0) is 28.3 Å². The van der Waals surface area contributed by atoms with Crippen LogP contribution in [0.2, 0.25) is 0 Å². The lowest BCUT2D eigenvalue weighted by molar-refractivity contribution is -0.154. The lowest BCUT2D eigenvalue weighted by atomic mass is 9.73. The van der Waals surface area contributed by atoms with Gasteiger partial charge in [-0.15, -0.1) is 0 Å². The molecule has 1 fully saturated rings. The number of nitrogens with zero attached hydrogens (tertiary/aromatic N) is 1. The number of aliphatic hydroxyl groups excluding tert-OH is 1. The van der Waals surface area contributed by atoms with E-state index in [1.165, 1.54) is 6.92 Å². The predicted octanol–water partition coefficient (Wildman–Crippen LogP) is -2.68. The molecule has 0 bridgehead atoms. The first kappa shape index (κ1) is 33.4. The third-order valence-corrected chi connectivity index (χ3v) is 7.13. The molecule has 15 nitrogen and oxygen atoms in total. The molecule has 4 atom stereocenters. The van der Waals surface area contributed by atoms with E-state index in [0.29, 0.717) is 26.1 Å². The maximum absolute atomic E-state index is 12.6. The van der Waals surface area contributed by atoms with Gasteiger partial charge < -0.3 is 50.4 Å². The van der Waals surface area contributed by atoms with Crippen molar-refractivity contribution < 1.29 is 53.4 Å². The zero-order valence-electron chi connectivity index (χ0n) is 21.6. The minimum absolute atomic E-state index is 0.0237. The first-order valence-electron chi connectivity index (χ1n) is 12.0. The van der Waals surface area contributed by atoms with Gasteiger partial charge in [0.15, 0.2) is 0 Å². The molecule has 0 aromatic heterocycles. The van der Waals surface area contributed by atoms with Crippen molar-refractivity contribution in [2.24, 2.45) is 5.92 Å². The van der Waals surface area contributed by atoms with E-state index >= 15 is 0 Å². The van der Waals surface area contributed by atoms with E-state index in [-0.39, 0.29) is 31.6 Å². The number of rotatable bonds is 14. The molecule has 0 aliphatic carbocycles. The maximum Gasteiger partial charge on any atom is 0.480 e. The van der Waals surface area contributed by atoms with Crippen molar-refractivity contribution in [3.05, 3.63) is 0 Å². The van der Waals surface area contributed by atoms with Crippen molar-refractivity contribution in [1.29, 1.82) is 0 Å². The summed E-state index contributed by atoms with van der Waals surface area (Å²) in [5.74, 6) is -3.81. The Kier molecular flexibility index (Phi) is 13.6. The van der Waals surface area contributed by atoms with Crippen molar-refractivity contribution >= 4 is 32.5 Å². The maximum atomic E-state index is 12.6. The Morgan fingerprint density at radius 3 is 2.14 bits per heavy atom. The largest absolute Gasteiger partial charge is 0.480 e. The highest BCUT2D eigenvalue weighted by Crippen LogP contribution is 2.50. The van der Waals surface area contributed by atoms with Crippen LogP contribution in [0.4, 0.5) is 0 Å². The van der Waals surface area contributed by atoms with Gasteiger partial charge in [0.2, 0.25) is 11.8 Å². The molecule has 1 aliphatic rings. The highest BCUT2D eigenvalue weighted by Gasteiger charge is 2.54. The first-order valence-corrected chi connectivity index (χ1v) is 13.6. The number of hydrogen-bond donors (Lipinski definition) is 8. The Morgan fingerprint density at radius 2 is 1.70 bits per heavy atom. The molecule has 0 aromatic rings. The Hall–Kier alpha value is -1.62. The van der Waals surface area contributed by atoms with Gasteiger partial charge in [0.1, 0.15) is 6.04 Å². The van der Waals surface area contributed by atoms with Crippen LogP contribution in [0.5, 0.6) is 0 Å². The summed E-state index contributed by atoms with van der Waals surface area (Å²) >= 11 is 0. The van der Waals surface area contributed by atoms with Crippen molar-refractivity contribution in [2.45, 2.75) is 57.0 Å². The third kappa shape index (κ3) is 10.6. The van der Waals surface area contributed by atoms with Crippen molar-refractivity contribution in [2.75, 3.05) is 46.4 Å². The molecule has 214 valence electrons. The molecule has 1 saturated heterocycles. The van der Waals surface area contributed by atoms with Crippen LogP contribution in [0.15, 0.2) is 0 Å². The first-order chi connectivity index (χ1) is 17.1. The number of carbonyl (C=O) groups excluding carboxylic acids is 2. The van der Waals surface area contributed by atoms with Gasteiger partial charge in [0.05, 0.1) is 18.5 Å². The van der Waals surface area contributed by atoms with Gasteiger partial charge in [0.25, 0.3) is 5.34 Å². The second-order valence-electron chi connectivity index (χ2n) is 9.40. The summed E-state index contributed by atoms with van der Waals surface area (Å²) in [6, 6.07) is -0.790. The Bertz CT molecular complexity index is 805. The van der Waals surface area contributed by atoms with Gasteiger partial charge in [-0.05, 0) is 26.3 Å². The zero-order chi connectivity index (χ0) is 28.4. The molecule has 1 heterocycles. The van der Waals surface area contributed by atoms with Crippen LogP contribution in [0, 0.1) is 5.92 Å². The van der Waals surface area contributed by atoms with E-state index in [1.807, 2.05) is 18.7 Å². The van der Waals surface area contributed by atoms with E-state index in [1.54, 1.807) is 7.05 Å². The number of carboxylic acids is 1. The normalized spacial score (nSPS) is 19.8. The van der Waals surface area contributed by atoms with E-state index < -0.39 is 56.4 Å². The van der Waals surface area contributed by atoms with Gasteiger partial charge in [-0.2, -0.15) is 0 Å². The lowest BCUT2D eigenvalue weighted by Gasteiger charge is -2.32. The smallest absolute Gasteiger partial charge is 0.479 e. The van der Waals surface area contributed by atoms with E-state index in [2.05, 4.69) is 16.0 Å². The highest BCUT2D eigenvalue weighted by molar-refractivity contribution is 7.54. The molecule has 0 radical (unpaired) electrons. The Morgan fingerprint density at radius 1 is 1.14 bits per heavy atom. The molecule has 37 heavy (non-hydrogen) atoms. The van der Waals surface area contributed by atoms with E-state index in [4.69, 9.17) is 24.2 Å². The summed E-state index contributed by atoms with van der Waals surface area (Å²) in [6.45, 7) is 7.22. The lowest BCUT2D eigenvalue weighted by Crippen LogP contribution is -2.58. The van der Waals surface area contributed by atoms with Crippen molar-refractivity contribution in [3.8, 4) is 0 Å². The number of likely N-dealkylation sites (N-methyl/N-ethyl adjacent to an activating group) is 1. The Balaban J connectivity index is 2.61. The highest BCUT2D eigenvalue weighted by atomic mass is 31.2. The van der Waals surface area contributed by atoms with Crippen LogP contribution >= 0.6 is 7.60 Å². The fourth-order valence-corrected chi connectivity index (χ4v) is 4.36. The number of aliphatic hydroxyl groups is 2. The van der Waals surface area contributed by atoms with E-state index in [0.717, 1.165) is 0 Å². The third-order valence-electron chi connectivity index (χ3n) is 5.82. The van der Waals surface area contributed by atoms with Crippen LogP contribution in [0.25, 0.3) is 0 Å². The van der Waals surface area contributed by atoms with Gasteiger partial charge in [-0.1, -0.05) is 13.8 Å². The SMILES string of the molecule is CN[C@@H](C(=O)N[C@H](CC(C)C)B1OCCN(CCNC(=O)CC(O)(C(=O)O)P(=O)(O)O)CCO1)C(C)O. The molecule has 1 rings (SSSR count). The number of amides is 2.